The average molecular weight is 233 g/mol. The zero-order valence-electron chi connectivity index (χ0n) is 9.74. The van der Waals surface area contributed by atoms with Crippen molar-refractivity contribution in [3.63, 3.8) is 0 Å². The molecule has 2 heterocycles. The lowest BCUT2D eigenvalue weighted by Crippen LogP contribution is -2.03. The topological polar surface area (TPSA) is 51.8 Å². The molecule has 3 nitrogen and oxygen atoms in total. The molecule has 0 fully saturated rings. The molecule has 0 aliphatic heterocycles. The van der Waals surface area contributed by atoms with Crippen LogP contribution in [-0.2, 0) is 6.42 Å². The van der Waals surface area contributed by atoms with Crippen LogP contribution in [0, 0.1) is 13.8 Å². The van der Waals surface area contributed by atoms with E-state index in [1.165, 1.54) is 4.88 Å². The molecule has 0 aliphatic carbocycles. The van der Waals surface area contributed by atoms with Crippen LogP contribution in [0.4, 0.5) is 5.82 Å². The molecular weight excluding hydrogens is 218 g/mol. The monoisotopic (exact) mass is 233 g/mol. The molecule has 2 aromatic heterocycles. The Morgan fingerprint density at radius 2 is 2.06 bits per heavy atom. The first-order chi connectivity index (χ1) is 7.61. The first kappa shape index (κ1) is 11.1. The van der Waals surface area contributed by atoms with Crippen molar-refractivity contribution in [1.82, 2.24) is 9.97 Å². The fourth-order valence-electron chi connectivity index (χ4n) is 1.59. The molecule has 0 saturated heterocycles. The van der Waals surface area contributed by atoms with Gasteiger partial charge in [0.05, 0.1) is 5.69 Å². The fraction of sp³-hybridized carbons (Fsp3) is 0.333. The summed E-state index contributed by atoms with van der Waals surface area (Å²) >= 11 is 1.73. The molecule has 2 rings (SSSR count). The molecule has 0 radical (unpaired) electrons. The van der Waals surface area contributed by atoms with Gasteiger partial charge in [0.25, 0.3) is 0 Å². The molecule has 4 heteroatoms. The van der Waals surface area contributed by atoms with E-state index in [-0.39, 0.29) is 0 Å². The molecule has 0 bridgehead atoms. The molecule has 2 N–H and O–H groups in total. The van der Waals surface area contributed by atoms with Crippen LogP contribution < -0.4 is 5.73 Å². The number of thiophene rings is 1. The lowest BCUT2D eigenvalue weighted by molar-refractivity contribution is 0.940. The minimum Gasteiger partial charge on any atom is -0.383 e. The second kappa shape index (κ2) is 4.22. The van der Waals surface area contributed by atoms with Crippen LogP contribution in [0.3, 0.4) is 0 Å². The molecule has 2 aromatic rings. The Kier molecular flexibility index (Phi) is 2.92. The summed E-state index contributed by atoms with van der Waals surface area (Å²) in [7, 11) is 0. The summed E-state index contributed by atoms with van der Waals surface area (Å²) in [5.41, 5.74) is 8.97. The molecule has 84 valence electrons. The maximum atomic E-state index is 5.89. The molecule has 0 amide bonds. The molecule has 0 aromatic carbocycles. The third-order valence-corrected chi connectivity index (χ3v) is 3.41. The van der Waals surface area contributed by atoms with Gasteiger partial charge in [-0.2, -0.15) is 0 Å². The van der Waals surface area contributed by atoms with Gasteiger partial charge in [0.1, 0.15) is 11.6 Å². The number of anilines is 1. The summed E-state index contributed by atoms with van der Waals surface area (Å²) in [6, 6.07) is 2.14. The molecule has 16 heavy (non-hydrogen) atoms. The van der Waals surface area contributed by atoms with Crippen molar-refractivity contribution >= 4 is 17.2 Å². The zero-order chi connectivity index (χ0) is 11.7. The molecule has 0 atom stereocenters. The number of nitrogens with two attached hydrogens (primary N) is 1. The van der Waals surface area contributed by atoms with E-state index >= 15 is 0 Å². The number of hydrogen-bond donors (Lipinski definition) is 1. The SMILES string of the molecule is CCc1nc(N)c(C)c(-c2csc(C)c2)n1. The maximum absolute atomic E-state index is 5.89. The minimum absolute atomic E-state index is 0.589. The van der Waals surface area contributed by atoms with E-state index in [4.69, 9.17) is 5.73 Å². The summed E-state index contributed by atoms with van der Waals surface area (Å²) < 4.78 is 0. The second-order valence-electron chi connectivity index (χ2n) is 3.80. The highest BCUT2D eigenvalue weighted by atomic mass is 32.1. The number of nitrogen functional groups attached to an aromatic ring is 1. The van der Waals surface area contributed by atoms with Crippen molar-refractivity contribution in [2.75, 3.05) is 5.73 Å². The Morgan fingerprint density at radius 1 is 1.31 bits per heavy atom. The Balaban J connectivity index is 2.59. The van der Waals surface area contributed by atoms with Gasteiger partial charge in [-0.3, -0.25) is 0 Å². The summed E-state index contributed by atoms with van der Waals surface area (Å²) in [4.78, 5) is 10.1. The van der Waals surface area contributed by atoms with Crippen LogP contribution in [-0.4, -0.2) is 9.97 Å². The standard InChI is InChI=1S/C12H15N3S/c1-4-10-14-11(8(3)12(13)15-10)9-5-7(2)16-6-9/h5-6H,4H2,1-3H3,(H2,13,14,15). The van der Waals surface area contributed by atoms with Gasteiger partial charge >= 0.3 is 0 Å². The highest BCUT2D eigenvalue weighted by molar-refractivity contribution is 7.10. The van der Waals surface area contributed by atoms with Gasteiger partial charge in [0, 0.05) is 27.8 Å². The van der Waals surface area contributed by atoms with Crippen molar-refractivity contribution in [2.24, 2.45) is 0 Å². The van der Waals surface area contributed by atoms with Crippen molar-refractivity contribution in [2.45, 2.75) is 27.2 Å². The third-order valence-electron chi connectivity index (χ3n) is 2.55. The quantitative estimate of drug-likeness (QED) is 0.867. The smallest absolute Gasteiger partial charge is 0.131 e. The van der Waals surface area contributed by atoms with Crippen LogP contribution in [0.25, 0.3) is 11.3 Å². The van der Waals surface area contributed by atoms with Gasteiger partial charge in [-0.05, 0) is 19.9 Å². The van der Waals surface area contributed by atoms with E-state index in [1.807, 2.05) is 13.8 Å². The van der Waals surface area contributed by atoms with E-state index in [9.17, 15) is 0 Å². The van der Waals surface area contributed by atoms with E-state index < -0.39 is 0 Å². The largest absolute Gasteiger partial charge is 0.383 e. The number of aryl methyl sites for hydroxylation is 2. The normalized spacial score (nSPS) is 10.7. The van der Waals surface area contributed by atoms with Crippen molar-refractivity contribution in [1.29, 1.82) is 0 Å². The molecule has 0 unspecified atom stereocenters. The van der Waals surface area contributed by atoms with Crippen LogP contribution in [0.2, 0.25) is 0 Å². The zero-order valence-corrected chi connectivity index (χ0v) is 10.6. The highest BCUT2D eigenvalue weighted by Crippen LogP contribution is 2.28. The maximum Gasteiger partial charge on any atom is 0.131 e. The highest BCUT2D eigenvalue weighted by Gasteiger charge is 2.10. The van der Waals surface area contributed by atoms with Crippen molar-refractivity contribution < 1.29 is 0 Å². The van der Waals surface area contributed by atoms with E-state index in [0.29, 0.717) is 5.82 Å². The number of hydrogen-bond acceptors (Lipinski definition) is 4. The van der Waals surface area contributed by atoms with Crippen molar-refractivity contribution in [3.05, 3.63) is 27.7 Å². The second-order valence-corrected chi connectivity index (χ2v) is 4.91. The van der Waals surface area contributed by atoms with Crippen LogP contribution in [0.15, 0.2) is 11.4 Å². The van der Waals surface area contributed by atoms with E-state index in [1.54, 1.807) is 11.3 Å². The van der Waals surface area contributed by atoms with E-state index in [2.05, 4.69) is 28.3 Å². The Bertz CT molecular complexity index is 517. The summed E-state index contributed by atoms with van der Waals surface area (Å²) in [6.45, 7) is 6.10. The summed E-state index contributed by atoms with van der Waals surface area (Å²) in [5, 5.41) is 2.11. The number of rotatable bonds is 2. The number of nitrogens with zero attached hydrogens (tertiary/aromatic N) is 2. The van der Waals surface area contributed by atoms with Gasteiger partial charge in [0.15, 0.2) is 0 Å². The van der Waals surface area contributed by atoms with Crippen LogP contribution in [0.1, 0.15) is 23.2 Å². The lowest BCUT2D eigenvalue weighted by Gasteiger charge is -2.07. The predicted molar refractivity (Wildman–Crippen MR) is 68.6 cm³/mol. The third kappa shape index (κ3) is 1.93. The van der Waals surface area contributed by atoms with Gasteiger partial charge in [-0.25, -0.2) is 9.97 Å². The van der Waals surface area contributed by atoms with Gasteiger partial charge in [0.2, 0.25) is 0 Å². The Morgan fingerprint density at radius 3 is 2.62 bits per heavy atom. The molecular formula is C12H15N3S. The van der Waals surface area contributed by atoms with Gasteiger partial charge in [-0.15, -0.1) is 11.3 Å². The van der Waals surface area contributed by atoms with E-state index in [0.717, 1.165) is 29.1 Å². The minimum atomic E-state index is 0.589. The number of aromatic nitrogens is 2. The molecule has 0 saturated carbocycles. The first-order valence-electron chi connectivity index (χ1n) is 5.30. The Labute approximate surface area is 99.4 Å². The van der Waals surface area contributed by atoms with Crippen LogP contribution >= 0.6 is 11.3 Å². The van der Waals surface area contributed by atoms with Gasteiger partial charge in [-0.1, -0.05) is 6.92 Å². The first-order valence-corrected chi connectivity index (χ1v) is 6.18. The average Bonchev–Trinajstić information content (AvgIpc) is 2.68. The summed E-state index contributed by atoms with van der Waals surface area (Å²) in [5.74, 6) is 1.40. The van der Waals surface area contributed by atoms with Gasteiger partial charge < -0.3 is 5.73 Å². The lowest BCUT2D eigenvalue weighted by atomic mass is 10.1. The molecule has 0 spiro atoms. The predicted octanol–water partition coefficient (Wildman–Crippen LogP) is 2.97. The summed E-state index contributed by atoms with van der Waals surface area (Å²) in [6.07, 6.45) is 0.806. The molecule has 0 aliphatic rings. The fourth-order valence-corrected chi connectivity index (χ4v) is 2.28. The van der Waals surface area contributed by atoms with Crippen molar-refractivity contribution in [3.8, 4) is 11.3 Å². The van der Waals surface area contributed by atoms with Crippen LogP contribution in [0.5, 0.6) is 0 Å². The Hall–Kier alpha value is -1.42.